The molecule has 0 aliphatic carbocycles. The smallest absolute Gasteiger partial charge is 0.256 e. The van der Waals surface area contributed by atoms with Crippen molar-refractivity contribution in [3.05, 3.63) is 48.2 Å². The third kappa shape index (κ3) is 3.14. The molecule has 0 unspecified atom stereocenters. The summed E-state index contributed by atoms with van der Waals surface area (Å²) in [6.45, 7) is 0.571. The van der Waals surface area contributed by atoms with Crippen LogP contribution in [0.3, 0.4) is 0 Å². The van der Waals surface area contributed by atoms with Gasteiger partial charge in [-0.25, -0.2) is 0 Å². The van der Waals surface area contributed by atoms with Gasteiger partial charge in [-0.1, -0.05) is 0 Å². The fourth-order valence-electron chi connectivity index (χ4n) is 2.02. The number of rotatable bonds is 6. The number of carbonyl (C=O) groups is 1. The number of aryl methyl sites for hydroxylation is 1. The van der Waals surface area contributed by atoms with Crippen LogP contribution in [0, 0.1) is 0 Å². The zero-order valence-corrected chi connectivity index (χ0v) is 11.7. The Labute approximate surface area is 125 Å². The summed E-state index contributed by atoms with van der Waals surface area (Å²) in [6.07, 6.45) is 8.10. The summed E-state index contributed by atoms with van der Waals surface area (Å²) >= 11 is 0. The van der Waals surface area contributed by atoms with Gasteiger partial charge in [0.05, 0.1) is 6.20 Å². The Kier molecular flexibility index (Phi) is 4.14. The van der Waals surface area contributed by atoms with E-state index in [1.54, 1.807) is 12.4 Å². The summed E-state index contributed by atoms with van der Waals surface area (Å²) in [4.78, 5) is 16.1. The predicted octanol–water partition coefficient (Wildman–Crippen LogP) is 0.143. The highest BCUT2D eigenvalue weighted by molar-refractivity contribution is 5.96. The minimum Gasteiger partial charge on any atom is -0.352 e. The van der Waals surface area contributed by atoms with Gasteiger partial charge in [-0.05, 0) is 41.0 Å². The molecule has 1 amide bonds. The number of pyridine rings is 1. The van der Waals surface area contributed by atoms with Crippen LogP contribution in [0.4, 0.5) is 0 Å². The molecule has 0 aliphatic rings. The molecule has 3 aromatic heterocycles. The molecule has 0 atom stereocenters. The van der Waals surface area contributed by atoms with Gasteiger partial charge in [0.25, 0.3) is 5.91 Å². The molecule has 0 aromatic carbocycles. The number of hydrogen-bond acceptors (Lipinski definition) is 6. The van der Waals surface area contributed by atoms with Crippen LogP contribution in [-0.2, 0) is 6.42 Å². The van der Waals surface area contributed by atoms with E-state index in [0.717, 1.165) is 12.8 Å². The number of hydrogen-bond donors (Lipinski definition) is 2. The van der Waals surface area contributed by atoms with Gasteiger partial charge in [-0.2, -0.15) is 9.78 Å². The Hall–Kier alpha value is -3.10. The minimum atomic E-state index is -0.214. The number of tetrazole rings is 1. The van der Waals surface area contributed by atoms with Crippen molar-refractivity contribution in [2.24, 2.45) is 0 Å². The maximum Gasteiger partial charge on any atom is 0.256 e. The highest BCUT2D eigenvalue weighted by atomic mass is 16.1. The molecule has 0 fully saturated rings. The first-order chi connectivity index (χ1) is 10.8. The first-order valence-electron chi connectivity index (χ1n) is 6.78. The second-order valence-corrected chi connectivity index (χ2v) is 4.60. The fourth-order valence-corrected chi connectivity index (χ4v) is 2.02. The van der Waals surface area contributed by atoms with Crippen molar-refractivity contribution in [3.8, 4) is 5.82 Å². The first kappa shape index (κ1) is 13.9. The summed E-state index contributed by atoms with van der Waals surface area (Å²) in [7, 11) is 0. The molecular weight excluding hydrogens is 284 g/mol. The van der Waals surface area contributed by atoms with Gasteiger partial charge in [0, 0.05) is 18.9 Å². The van der Waals surface area contributed by atoms with Gasteiger partial charge in [0.1, 0.15) is 11.9 Å². The first-order valence-corrected chi connectivity index (χ1v) is 6.78. The number of carbonyl (C=O) groups excluding carboxylic acids is 1. The van der Waals surface area contributed by atoms with Crippen LogP contribution in [0.5, 0.6) is 0 Å². The van der Waals surface area contributed by atoms with Gasteiger partial charge in [-0.15, -0.1) is 5.10 Å². The van der Waals surface area contributed by atoms with Gasteiger partial charge in [0.15, 0.2) is 5.82 Å². The molecule has 2 N–H and O–H groups in total. The topological polar surface area (TPSA) is 114 Å². The van der Waals surface area contributed by atoms with Gasteiger partial charge < -0.3 is 5.32 Å². The molecule has 9 nitrogen and oxygen atoms in total. The fraction of sp³-hybridized carbons (Fsp3) is 0.231. The Balaban J connectivity index is 1.54. The van der Waals surface area contributed by atoms with Crippen molar-refractivity contribution in [1.29, 1.82) is 0 Å². The van der Waals surface area contributed by atoms with Crippen molar-refractivity contribution >= 4 is 5.91 Å². The Morgan fingerprint density at radius 3 is 2.95 bits per heavy atom. The Morgan fingerprint density at radius 2 is 2.18 bits per heavy atom. The van der Waals surface area contributed by atoms with Crippen LogP contribution in [0.1, 0.15) is 22.3 Å². The number of nitrogens with one attached hydrogen (secondary N) is 2. The highest BCUT2D eigenvalue weighted by Gasteiger charge is 2.15. The Morgan fingerprint density at radius 1 is 1.32 bits per heavy atom. The zero-order valence-electron chi connectivity index (χ0n) is 11.7. The molecule has 22 heavy (non-hydrogen) atoms. The van der Waals surface area contributed by atoms with E-state index < -0.39 is 0 Å². The van der Waals surface area contributed by atoms with Crippen LogP contribution < -0.4 is 5.32 Å². The summed E-state index contributed by atoms with van der Waals surface area (Å²) in [5.41, 5.74) is 1.60. The summed E-state index contributed by atoms with van der Waals surface area (Å²) in [6, 6.07) is 3.93. The zero-order chi connectivity index (χ0) is 15.2. The third-order valence-electron chi connectivity index (χ3n) is 3.12. The van der Waals surface area contributed by atoms with Crippen LogP contribution in [0.2, 0.25) is 0 Å². The molecule has 0 aliphatic heterocycles. The normalized spacial score (nSPS) is 10.5. The maximum absolute atomic E-state index is 12.2. The monoisotopic (exact) mass is 298 g/mol. The number of aromatic nitrogens is 7. The lowest BCUT2D eigenvalue weighted by Gasteiger charge is -2.05. The van der Waals surface area contributed by atoms with Crippen molar-refractivity contribution in [2.75, 3.05) is 6.54 Å². The van der Waals surface area contributed by atoms with Crippen molar-refractivity contribution in [2.45, 2.75) is 12.8 Å². The molecule has 9 heteroatoms. The number of aromatic amines is 1. The van der Waals surface area contributed by atoms with Gasteiger partial charge in [0.2, 0.25) is 0 Å². The average molecular weight is 298 g/mol. The quantitative estimate of drug-likeness (QED) is 0.626. The van der Waals surface area contributed by atoms with Crippen LogP contribution in [-0.4, -0.2) is 47.8 Å². The number of amides is 1. The average Bonchev–Trinajstić information content (AvgIpc) is 3.22. The van der Waals surface area contributed by atoms with Crippen LogP contribution in [0.15, 0.2) is 37.1 Å². The van der Waals surface area contributed by atoms with Crippen molar-refractivity contribution in [1.82, 2.24) is 40.7 Å². The van der Waals surface area contributed by atoms with Crippen molar-refractivity contribution < 1.29 is 4.79 Å². The lowest BCUT2D eigenvalue weighted by atomic mass is 10.1. The van der Waals surface area contributed by atoms with E-state index in [0.29, 0.717) is 17.9 Å². The number of H-pyrrole nitrogens is 1. The van der Waals surface area contributed by atoms with Crippen LogP contribution in [0.25, 0.3) is 5.82 Å². The van der Waals surface area contributed by atoms with E-state index in [4.69, 9.17) is 0 Å². The highest BCUT2D eigenvalue weighted by Crippen LogP contribution is 2.08. The van der Waals surface area contributed by atoms with Gasteiger partial charge in [-0.3, -0.25) is 14.9 Å². The van der Waals surface area contributed by atoms with Gasteiger partial charge >= 0.3 is 0 Å². The minimum absolute atomic E-state index is 0.214. The molecule has 3 aromatic rings. The summed E-state index contributed by atoms with van der Waals surface area (Å²) < 4.78 is 1.36. The Bertz CT molecular complexity index is 722. The number of nitrogens with zero attached hydrogens (tertiary/aromatic N) is 6. The second-order valence-electron chi connectivity index (χ2n) is 4.60. The molecule has 3 heterocycles. The summed E-state index contributed by atoms with van der Waals surface area (Å²) in [5, 5.41) is 20.2. The molecule has 3 rings (SSSR count). The van der Waals surface area contributed by atoms with Crippen LogP contribution >= 0.6 is 0 Å². The van der Waals surface area contributed by atoms with E-state index in [-0.39, 0.29) is 5.91 Å². The molecule has 0 spiro atoms. The molecular formula is C13H14N8O. The molecule has 112 valence electrons. The molecule has 0 saturated carbocycles. The predicted molar refractivity (Wildman–Crippen MR) is 76.2 cm³/mol. The lowest BCUT2D eigenvalue weighted by molar-refractivity contribution is 0.0953. The largest absolute Gasteiger partial charge is 0.352 e. The van der Waals surface area contributed by atoms with E-state index in [1.165, 1.54) is 22.8 Å². The van der Waals surface area contributed by atoms with E-state index in [2.05, 4.69) is 36.0 Å². The second kappa shape index (κ2) is 6.57. The lowest BCUT2D eigenvalue weighted by Crippen LogP contribution is -2.25. The molecule has 0 bridgehead atoms. The molecule has 0 saturated heterocycles. The van der Waals surface area contributed by atoms with E-state index in [1.807, 2.05) is 12.1 Å². The molecule has 0 radical (unpaired) electrons. The maximum atomic E-state index is 12.2. The van der Waals surface area contributed by atoms with E-state index in [9.17, 15) is 4.79 Å². The summed E-state index contributed by atoms with van der Waals surface area (Å²) in [5.74, 6) is 0.227. The van der Waals surface area contributed by atoms with Crippen molar-refractivity contribution in [3.63, 3.8) is 0 Å². The SMILES string of the molecule is O=C(NCCCc1ccncc1)c1cn[nH]c1-n1cnnn1. The standard InChI is InChI=1S/C13H14N8O/c22-13(15-5-1-2-10-3-6-14-7-4-10)11-8-16-18-12(11)21-9-17-19-20-21/h3-4,6-9H,1-2,5H2,(H,15,22)(H,16,18). The van der Waals surface area contributed by atoms with E-state index >= 15 is 0 Å². The third-order valence-corrected chi connectivity index (χ3v) is 3.12.